The average molecular weight is 215 g/mol. The summed E-state index contributed by atoms with van der Waals surface area (Å²) in [4.78, 5) is 15.3. The number of aromatic nitrogens is 1. The Hall–Kier alpha value is -1.09. The highest BCUT2D eigenvalue weighted by Gasteiger charge is 2.07. The van der Waals surface area contributed by atoms with Gasteiger partial charge in [0.25, 0.3) is 5.91 Å². The smallest absolute Gasteiger partial charge is 0.250 e. The number of nitrogens with two attached hydrogens (primary N) is 1. The van der Waals surface area contributed by atoms with E-state index in [4.69, 9.17) is 5.73 Å². The Morgan fingerprint density at radius 1 is 1.36 bits per heavy atom. The number of amides is 1. The molecule has 0 radical (unpaired) electrons. The first kappa shape index (κ1) is 12.9. The lowest BCUT2D eigenvalue weighted by Gasteiger charge is -2.04. The molecule has 0 bridgehead atoms. The lowest BCUT2D eigenvalue weighted by molar-refractivity contribution is 0.0999. The molecule has 0 atom stereocenters. The highest BCUT2D eigenvalue weighted by molar-refractivity contribution is 5.93. The predicted molar refractivity (Wildman–Crippen MR) is 58.8 cm³/mol. The van der Waals surface area contributed by atoms with Crippen molar-refractivity contribution < 1.29 is 4.79 Å². The third-order valence-corrected chi connectivity index (χ3v) is 1.99. The van der Waals surface area contributed by atoms with Crippen LogP contribution in [0.5, 0.6) is 0 Å². The first-order chi connectivity index (χ1) is 6.19. The van der Waals surface area contributed by atoms with Crippen molar-refractivity contribution in [3.63, 3.8) is 0 Å². The minimum absolute atomic E-state index is 0. The van der Waals surface area contributed by atoms with Gasteiger partial charge in [0, 0.05) is 5.69 Å². The molecule has 1 aromatic heterocycles. The van der Waals surface area contributed by atoms with E-state index in [0.29, 0.717) is 5.56 Å². The van der Waals surface area contributed by atoms with Crippen LogP contribution in [-0.2, 0) is 12.8 Å². The van der Waals surface area contributed by atoms with Crippen molar-refractivity contribution in [2.24, 2.45) is 5.73 Å². The van der Waals surface area contributed by atoms with E-state index in [1.54, 1.807) is 6.07 Å². The molecular formula is C10H15ClN2O. The summed E-state index contributed by atoms with van der Waals surface area (Å²) in [5.74, 6) is -0.396. The number of pyridine rings is 1. The maximum atomic E-state index is 11.0. The van der Waals surface area contributed by atoms with E-state index in [9.17, 15) is 4.79 Å². The number of carbonyl (C=O) groups excluding carboxylic acids is 1. The van der Waals surface area contributed by atoms with Gasteiger partial charge in [-0.15, -0.1) is 12.4 Å². The van der Waals surface area contributed by atoms with Gasteiger partial charge in [0.05, 0.1) is 11.3 Å². The number of carbonyl (C=O) groups is 1. The normalized spacial score (nSPS) is 9.29. The van der Waals surface area contributed by atoms with Crippen LogP contribution in [0.3, 0.4) is 0 Å². The van der Waals surface area contributed by atoms with Gasteiger partial charge >= 0.3 is 0 Å². The van der Waals surface area contributed by atoms with Crippen molar-refractivity contribution in [1.29, 1.82) is 0 Å². The summed E-state index contributed by atoms with van der Waals surface area (Å²) in [7, 11) is 0. The zero-order valence-electron chi connectivity index (χ0n) is 8.41. The van der Waals surface area contributed by atoms with Crippen LogP contribution in [0, 0.1) is 0 Å². The Kier molecular flexibility index (Phi) is 5.16. The molecule has 2 N–H and O–H groups in total. The molecular weight excluding hydrogens is 200 g/mol. The van der Waals surface area contributed by atoms with Crippen LogP contribution in [-0.4, -0.2) is 10.9 Å². The van der Waals surface area contributed by atoms with Gasteiger partial charge < -0.3 is 5.73 Å². The summed E-state index contributed by atoms with van der Waals surface area (Å²) >= 11 is 0. The second-order valence-electron chi connectivity index (χ2n) is 2.87. The van der Waals surface area contributed by atoms with E-state index < -0.39 is 5.91 Å². The van der Waals surface area contributed by atoms with Crippen LogP contribution in [0.15, 0.2) is 12.1 Å². The van der Waals surface area contributed by atoms with Gasteiger partial charge in [-0.1, -0.05) is 13.8 Å². The molecule has 4 heteroatoms. The SMILES string of the molecule is CCc1ccc(C(N)=O)c(CC)n1.Cl. The number of aryl methyl sites for hydroxylation is 2. The van der Waals surface area contributed by atoms with Crippen LogP contribution in [0.25, 0.3) is 0 Å². The van der Waals surface area contributed by atoms with E-state index >= 15 is 0 Å². The van der Waals surface area contributed by atoms with Gasteiger partial charge in [0.15, 0.2) is 0 Å². The van der Waals surface area contributed by atoms with E-state index in [0.717, 1.165) is 24.2 Å². The highest BCUT2D eigenvalue weighted by Crippen LogP contribution is 2.08. The number of rotatable bonds is 3. The molecule has 14 heavy (non-hydrogen) atoms. The summed E-state index contributed by atoms with van der Waals surface area (Å²) in [6.45, 7) is 4.00. The molecule has 0 aromatic carbocycles. The molecule has 0 spiro atoms. The van der Waals surface area contributed by atoms with Gasteiger partial charge in [-0.25, -0.2) is 0 Å². The van der Waals surface area contributed by atoms with Crippen LogP contribution in [0.2, 0.25) is 0 Å². The minimum Gasteiger partial charge on any atom is -0.366 e. The van der Waals surface area contributed by atoms with Crippen molar-refractivity contribution in [2.75, 3.05) is 0 Å². The number of hydrogen-bond acceptors (Lipinski definition) is 2. The summed E-state index contributed by atoms with van der Waals surface area (Å²) in [5, 5.41) is 0. The molecule has 0 unspecified atom stereocenters. The van der Waals surface area contributed by atoms with Crippen molar-refractivity contribution in [2.45, 2.75) is 26.7 Å². The fraction of sp³-hybridized carbons (Fsp3) is 0.400. The Morgan fingerprint density at radius 2 is 2.00 bits per heavy atom. The van der Waals surface area contributed by atoms with Gasteiger partial charge in [0.1, 0.15) is 0 Å². The quantitative estimate of drug-likeness (QED) is 0.833. The van der Waals surface area contributed by atoms with E-state index in [2.05, 4.69) is 4.98 Å². The minimum atomic E-state index is -0.396. The predicted octanol–water partition coefficient (Wildman–Crippen LogP) is 1.73. The average Bonchev–Trinajstić information content (AvgIpc) is 2.16. The van der Waals surface area contributed by atoms with Crippen molar-refractivity contribution in [1.82, 2.24) is 4.98 Å². The molecule has 3 nitrogen and oxygen atoms in total. The Morgan fingerprint density at radius 3 is 2.43 bits per heavy atom. The van der Waals surface area contributed by atoms with Crippen LogP contribution >= 0.6 is 12.4 Å². The van der Waals surface area contributed by atoms with E-state index in [-0.39, 0.29) is 12.4 Å². The standard InChI is InChI=1S/C10H14N2O.ClH/c1-3-7-5-6-8(10(11)13)9(4-2)12-7;/h5-6H,3-4H2,1-2H3,(H2,11,13);1H. The molecule has 0 fully saturated rings. The first-order valence-electron chi connectivity index (χ1n) is 4.47. The molecule has 0 aliphatic rings. The van der Waals surface area contributed by atoms with Crippen LogP contribution in [0.1, 0.15) is 35.6 Å². The molecule has 1 heterocycles. The first-order valence-corrected chi connectivity index (χ1v) is 4.47. The van der Waals surface area contributed by atoms with Gasteiger partial charge in [-0.2, -0.15) is 0 Å². The monoisotopic (exact) mass is 214 g/mol. The van der Waals surface area contributed by atoms with Crippen LogP contribution in [0.4, 0.5) is 0 Å². The number of nitrogens with zero attached hydrogens (tertiary/aromatic N) is 1. The summed E-state index contributed by atoms with van der Waals surface area (Å²) < 4.78 is 0. The molecule has 0 saturated heterocycles. The Labute approximate surface area is 90.1 Å². The molecule has 1 rings (SSSR count). The zero-order chi connectivity index (χ0) is 9.84. The lowest BCUT2D eigenvalue weighted by atomic mass is 10.1. The van der Waals surface area contributed by atoms with Crippen molar-refractivity contribution in [3.05, 3.63) is 29.1 Å². The molecule has 1 aromatic rings. The fourth-order valence-corrected chi connectivity index (χ4v) is 1.24. The zero-order valence-corrected chi connectivity index (χ0v) is 9.23. The number of primary amides is 1. The second-order valence-corrected chi connectivity index (χ2v) is 2.87. The van der Waals surface area contributed by atoms with Gasteiger partial charge in [-0.3, -0.25) is 9.78 Å². The number of halogens is 1. The summed E-state index contributed by atoms with van der Waals surface area (Å²) in [6, 6.07) is 3.60. The maximum absolute atomic E-state index is 11.0. The molecule has 0 aliphatic carbocycles. The molecule has 0 saturated carbocycles. The molecule has 78 valence electrons. The second kappa shape index (κ2) is 5.60. The largest absolute Gasteiger partial charge is 0.366 e. The lowest BCUT2D eigenvalue weighted by Crippen LogP contribution is -2.15. The van der Waals surface area contributed by atoms with Crippen molar-refractivity contribution in [3.8, 4) is 0 Å². The van der Waals surface area contributed by atoms with Crippen molar-refractivity contribution >= 4 is 18.3 Å². The summed E-state index contributed by atoms with van der Waals surface area (Å²) in [5.41, 5.74) is 7.54. The van der Waals surface area contributed by atoms with E-state index in [1.807, 2.05) is 19.9 Å². The Bertz CT molecular complexity index is 326. The third kappa shape index (κ3) is 2.70. The molecule has 1 amide bonds. The summed E-state index contributed by atoms with van der Waals surface area (Å²) in [6.07, 6.45) is 1.62. The molecule has 0 aliphatic heterocycles. The number of hydrogen-bond donors (Lipinski definition) is 1. The topological polar surface area (TPSA) is 56.0 Å². The Balaban J connectivity index is 0.00000169. The van der Waals surface area contributed by atoms with Crippen LogP contribution < -0.4 is 5.73 Å². The van der Waals surface area contributed by atoms with E-state index in [1.165, 1.54) is 0 Å². The fourth-order valence-electron chi connectivity index (χ4n) is 1.24. The third-order valence-electron chi connectivity index (χ3n) is 1.99. The van der Waals surface area contributed by atoms with Gasteiger partial charge in [0.2, 0.25) is 0 Å². The maximum Gasteiger partial charge on any atom is 0.250 e. The van der Waals surface area contributed by atoms with Gasteiger partial charge in [-0.05, 0) is 25.0 Å². The highest BCUT2D eigenvalue weighted by atomic mass is 35.5.